The van der Waals surface area contributed by atoms with Gasteiger partial charge in [-0.15, -0.1) is 0 Å². The van der Waals surface area contributed by atoms with E-state index < -0.39 is 0 Å². The van der Waals surface area contributed by atoms with E-state index in [1.54, 1.807) is 17.0 Å². The molecule has 0 saturated heterocycles. The van der Waals surface area contributed by atoms with Gasteiger partial charge < -0.3 is 14.4 Å². The molecule has 0 bridgehead atoms. The van der Waals surface area contributed by atoms with Crippen LogP contribution in [0.15, 0.2) is 36.9 Å². The fraction of sp³-hybridized carbons (Fsp3) is 0.286. The Labute approximate surface area is 111 Å². The number of hydrogen-bond acceptors (Lipinski definition) is 4. The molecule has 1 aromatic rings. The number of carbonyl (C=O) groups excluding carboxylic acids is 2. The minimum absolute atomic E-state index is 0.00127. The number of benzene rings is 1. The zero-order valence-electron chi connectivity index (χ0n) is 10.5. The van der Waals surface area contributed by atoms with Gasteiger partial charge in [-0.05, 0) is 12.1 Å². The van der Waals surface area contributed by atoms with E-state index in [1.807, 2.05) is 12.1 Å². The largest absolute Gasteiger partial charge is 0.482 e. The zero-order chi connectivity index (χ0) is 13.7. The number of amides is 1. The molecule has 0 saturated carbocycles. The molecule has 0 fully saturated rings. The van der Waals surface area contributed by atoms with Crippen LogP contribution in [-0.4, -0.2) is 31.6 Å². The number of rotatable bonds is 5. The summed E-state index contributed by atoms with van der Waals surface area (Å²) >= 11 is 0. The average Bonchev–Trinajstić information content (AvgIpc) is 2.44. The molecule has 1 aliphatic heterocycles. The molecular formula is C14H15NO4. The van der Waals surface area contributed by atoms with Gasteiger partial charge in [0.05, 0.1) is 12.1 Å². The van der Waals surface area contributed by atoms with Crippen LogP contribution in [0.2, 0.25) is 0 Å². The average molecular weight is 261 g/mol. The molecular weight excluding hydrogens is 246 g/mol. The number of anilines is 1. The van der Waals surface area contributed by atoms with Crippen LogP contribution in [0, 0.1) is 0 Å². The van der Waals surface area contributed by atoms with Crippen LogP contribution in [0.1, 0.15) is 6.42 Å². The van der Waals surface area contributed by atoms with E-state index in [-0.39, 0.29) is 38.1 Å². The number of nitrogens with zero attached hydrogens (tertiary/aromatic N) is 1. The molecule has 1 heterocycles. The molecule has 100 valence electrons. The predicted octanol–water partition coefficient (Wildman–Crippen LogP) is 1.53. The second-order valence-corrected chi connectivity index (χ2v) is 4.02. The summed E-state index contributed by atoms with van der Waals surface area (Å²) in [6, 6.07) is 7.25. The van der Waals surface area contributed by atoms with Gasteiger partial charge in [0, 0.05) is 6.54 Å². The first kappa shape index (κ1) is 13.1. The Hall–Kier alpha value is -2.30. The number of carbonyl (C=O) groups is 2. The molecule has 19 heavy (non-hydrogen) atoms. The van der Waals surface area contributed by atoms with Gasteiger partial charge in [-0.2, -0.15) is 0 Å². The van der Waals surface area contributed by atoms with Crippen molar-refractivity contribution < 1.29 is 19.1 Å². The molecule has 1 aliphatic rings. The van der Waals surface area contributed by atoms with E-state index in [1.165, 1.54) is 6.08 Å². The lowest BCUT2D eigenvalue weighted by Crippen LogP contribution is -2.40. The van der Waals surface area contributed by atoms with E-state index in [9.17, 15) is 9.59 Å². The minimum atomic E-state index is -0.350. The first-order valence-corrected chi connectivity index (χ1v) is 6.01. The SMILES string of the molecule is C=CCOC(=O)CCN1C(=O)COc2ccccc21. The second kappa shape index (κ2) is 6.04. The number of hydrogen-bond donors (Lipinski definition) is 0. The van der Waals surface area contributed by atoms with Crippen molar-refractivity contribution in [2.75, 3.05) is 24.7 Å². The highest BCUT2D eigenvalue weighted by molar-refractivity contribution is 5.98. The highest BCUT2D eigenvalue weighted by atomic mass is 16.5. The maximum absolute atomic E-state index is 11.8. The highest BCUT2D eigenvalue weighted by Crippen LogP contribution is 2.31. The van der Waals surface area contributed by atoms with Gasteiger partial charge in [0.25, 0.3) is 5.91 Å². The van der Waals surface area contributed by atoms with Crippen molar-refractivity contribution in [3.8, 4) is 5.75 Å². The third-order valence-electron chi connectivity index (χ3n) is 2.71. The van der Waals surface area contributed by atoms with Crippen LogP contribution in [0.25, 0.3) is 0 Å². The summed E-state index contributed by atoms with van der Waals surface area (Å²) in [7, 11) is 0. The highest BCUT2D eigenvalue weighted by Gasteiger charge is 2.25. The van der Waals surface area contributed by atoms with Gasteiger partial charge in [-0.3, -0.25) is 9.59 Å². The standard InChI is InChI=1S/C14H15NO4/c1-2-9-18-14(17)7-8-15-11-5-3-4-6-12(11)19-10-13(15)16/h2-6H,1,7-10H2. The normalized spacial score (nSPS) is 13.5. The van der Waals surface area contributed by atoms with Crippen molar-refractivity contribution in [2.24, 2.45) is 0 Å². The van der Waals surface area contributed by atoms with Gasteiger partial charge in [0.1, 0.15) is 12.4 Å². The third kappa shape index (κ3) is 3.13. The fourth-order valence-corrected chi connectivity index (χ4v) is 1.83. The van der Waals surface area contributed by atoms with Crippen LogP contribution < -0.4 is 9.64 Å². The third-order valence-corrected chi connectivity index (χ3v) is 2.71. The quantitative estimate of drug-likeness (QED) is 0.596. The molecule has 0 aliphatic carbocycles. The summed E-state index contributed by atoms with van der Waals surface area (Å²) in [5.41, 5.74) is 0.690. The fourth-order valence-electron chi connectivity index (χ4n) is 1.83. The number of para-hydroxylation sites is 2. The van der Waals surface area contributed by atoms with Crippen LogP contribution >= 0.6 is 0 Å². The second-order valence-electron chi connectivity index (χ2n) is 4.02. The van der Waals surface area contributed by atoms with E-state index in [0.29, 0.717) is 11.4 Å². The number of esters is 1. The molecule has 0 N–H and O–H groups in total. The maximum Gasteiger partial charge on any atom is 0.307 e. The predicted molar refractivity (Wildman–Crippen MR) is 70.1 cm³/mol. The summed E-state index contributed by atoms with van der Waals surface area (Å²) < 4.78 is 10.2. The Bertz CT molecular complexity index is 498. The monoisotopic (exact) mass is 261 g/mol. The number of fused-ring (bicyclic) bond motifs is 1. The van der Waals surface area contributed by atoms with Crippen LogP contribution in [0.3, 0.4) is 0 Å². The van der Waals surface area contributed by atoms with E-state index in [0.717, 1.165) is 0 Å². The van der Waals surface area contributed by atoms with Crippen LogP contribution in [0.5, 0.6) is 5.75 Å². The van der Waals surface area contributed by atoms with Gasteiger partial charge >= 0.3 is 5.97 Å². The Morgan fingerprint density at radius 1 is 1.47 bits per heavy atom. The summed E-state index contributed by atoms with van der Waals surface area (Å²) in [4.78, 5) is 24.8. The van der Waals surface area contributed by atoms with E-state index in [4.69, 9.17) is 9.47 Å². The van der Waals surface area contributed by atoms with Crippen molar-refractivity contribution in [3.05, 3.63) is 36.9 Å². The molecule has 0 spiro atoms. The Morgan fingerprint density at radius 3 is 3.05 bits per heavy atom. The zero-order valence-corrected chi connectivity index (χ0v) is 10.5. The van der Waals surface area contributed by atoms with Crippen molar-refractivity contribution in [1.82, 2.24) is 0 Å². The molecule has 0 unspecified atom stereocenters. The molecule has 0 atom stereocenters. The molecule has 0 aromatic heterocycles. The summed E-state index contributed by atoms with van der Waals surface area (Å²) in [6.45, 7) is 3.94. The van der Waals surface area contributed by atoms with Crippen LogP contribution in [0.4, 0.5) is 5.69 Å². The first-order valence-electron chi connectivity index (χ1n) is 6.01. The molecule has 1 aromatic carbocycles. The van der Waals surface area contributed by atoms with Crippen molar-refractivity contribution in [2.45, 2.75) is 6.42 Å². The van der Waals surface area contributed by atoms with Crippen molar-refractivity contribution in [3.63, 3.8) is 0 Å². The molecule has 1 amide bonds. The van der Waals surface area contributed by atoms with Gasteiger partial charge in [-0.25, -0.2) is 0 Å². The topological polar surface area (TPSA) is 55.8 Å². The minimum Gasteiger partial charge on any atom is -0.482 e. The van der Waals surface area contributed by atoms with Crippen molar-refractivity contribution >= 4 is 17.6 Å². The van der Waals surface area contributed by atoms with E-state index in [2.05, 4.69) is 6.58 Å². The Morgan fingerprint density at radius 2 is 2.26 bits per heavy atom. The molecule has 5 heteroatoms. The van der Waals surface area contributed by atoms with Gasteiger partial charge in [0.2, 0.25) is 0 Å². The molecule has 2 rings (SSSR count). The first-order chi connectivity index (χ1) is 9.22. The Balaban J connectivity index is 2.01. The maximum atomic E-state index is 11.8. The van der Waals surface area contributed by atoms with Crippen LogP contribution in [-0.2, 0) is 14.3 Å². The lowest BCUT2D eigenvalue weighted by Gasteiger charge is -2.28. The summed E-state index contributed by atoms with van der Waals surface area (Å²) in [6.07, 6.45) is 1.65. The summed E-state index contributed by atoms with van der Waals surface area (Å²) in [5.74, 6) is 0.147. The van der Waals surface area contributed by atoms with Gasteiger partial charge in [0.15, 0.2) is 6.61 Å². The lowest BCUT2D eigenvalue weighted by atomic mass is 10.2. The molecule has 5 nitrogen and oxygen atoms in total. The lowest BCUT2D eigenvalue weighted by molar-refractivity contribution is -0.142. The van der Waals surface area contributed by atoms with E-state index >= 15 is 0 Å². The summed E-state index contributed by atoms with van der Waals surface area (Å²) in [5, 5.41) is 0. The van der Waals surface area contributed by atoms with Gasteiger partial charge in [-0.1, -0.05) is 24.8 Å². The van der Waals surface area contributed by atoms with Crippen molar-refractivity contribution in [1.29, 1.82) is 0 Å². The Kier molecular flexibility index (Phi) is 4.18. The number of ether oxygens (including phenoxy) is 2. The molecule has 0 radical (unpaired) electrons. The smallest absolute Gasteiger partial charge is 0.307 e.